The number of nitrogens with zero attached hydrogens (tertiary/aromatic N) is 1. The summed E-state index contributed by atoms with van der Waals surface area (Å²) in [6.45, 7) is 2.27. The lowest BCUT2D eigenvalue weighted by molar-refractivity contribution is -0.114. The van der Waals surface area contributed by atoms with Crippen LogP contribution in [0.15, 0.2) is 52.3 Å². The molecule has 1 aliphatic heterocycles. The first-order valence-electron chi connectivity index (χ1n) is 10.7. The molecule has 1 heterocycles. The molecule has 4 rings (SSSR count). The quantitative estimate of drug-likeness (QED) is 0.677. The van der Waals surface area contributed by atoms with Gasteiger partial charge in [-0.15, -0.1) is 0 Å². The lowest BCUT2D eigenvalue weighted by Gasteiger charge is -2.28. The van der Waals surface area contributed by atoms with Crippen molar-refractivity contribution in [1.29, 1.82) is 0 Å². The highest BCUT2D eigenvalue weighted by atomic mass is 32.2. The van der Waals surface area contributed by atoms with Crippen molar-refractivity contribution in [3.05, 3.63) is 58.5 Å². The highest BCUT2D eigenvalue weighted by Gasteiger charge is 2.28. The summed E-state index contributed by atoms with van der Waals surface area (Å²) < 4.78 is 5.19. The van der Waals surface area contributed by atoms with E-state index in [0.717, 1.165) is 53.5 Å². The van der Waals surface area contributed by atoms with Crippen molar-refractivity contribution in [2.45, 2.75) is 43.5 Å². The maximum absolute atomic E-state index is 13.0. The number of nitrogens with one attached hydrogen (secondary N) is 1. The Bertz CT molecular complexity index is 1010. The van der Waals surface area contributed by atoms with Gasteiger partial charge in [-0.25, -0.2) is 0 Å². The van der Waals surface area contributed by atoms with E-state index in [2.05, 4.69) is 12.2 Å². The summed E-state index contributed by atoms with van der Waals surface area (Å²) in [5, 5.41) is 3.17. The molecule has 2 aromatic rings. The van der Waals surface area contributed by atoms with Crippen molar-refractivity contribution >= 4 is 35.3 Å². The third-order valence-electron chi connectivity index (χ3n) is 6.08. The highest BCUT2D eigenvalue weighted by molar-refractivity contribution is 8.04. The van der Waals surface area contributed by atoms with Crippen LogP contribution in [0.1, 0.15) is 48.5 Å². The van der Waals surface area contributed by atoms with Crippen LogP contribution in [-0.2, 0) is 4.79 Å². The van der Waals surface area contributed by atoms with Crippen LogP contribution in [0.2, 0.25) is 0 Å². The molecule has 0 spiro atoms. The zero-order valence-corrected chi connectivity index (χ0v) is 19.0. The van der Waals surface area contributed by atoms with Gasteiger partial charge < -0.3 is 15.0 Å². The van der Waals surface area contributed by atoms with E-state index in [1.165, 1.54) is 11.8 Å². The van der Waals surface area contributed by atoms with Crippen LogP contribution in [0.3, 0.4) is 0 Å². The van der Waals surface area contributed by atoms with E-state index in [1.54, 1.807) is 19.1 Å². The summed E-state index contributed by atoms with van der Waals surface area (Å²) in [5.74, 6) is 1.38. The number of anilines is 1. The van der Waals surface area contributed by atoms with Crippen LogP contribution < -0.4 is 15.0 Å². The maximum atomic E-state index is 13.0. The van der Waals surface area contributed by atoms with Crippen LogP contribution >= 0.6 is 11.8 Å². The molecule has 0 atom stereocenters. The van der Waals surface area contributed by atoms with E-state index >= 15 is 0 Å². The molecule has 2 aliphatic rings. The molecule has 5 nitrogen and oxygen atoms in total. The minimum Gasteiger partial charge on any atom is -0.497 e. The Balaban J connectivity index is 1.51. The molecule has 162 valence electrons. The van der Waals surface area contributed by atoms with Gasteiger partial charge >= 0.3 is 0 Å². The number of rotatable bonds is 4. The van der Waals surface area contributed by atoms with E-state index in [4.69, 9.17) is 4.74 Å². The number of carbonyl (C=O) groups is 2. The Kier molecular flexibility index (Phi) is 6.37. The number of methoxy groups -OCH3 is 1. The normalized spacial score (nSPS) is 22.2. The third kappa shape index (κ3) is 4.79. The third-order valence-corrected chi connectivity index (χ3v) is 7.16. The second kappa shape index (κ2) is 9.18. The molecule has 1 fully saturated rings. The van der Waals surface area contributed by atoms with Gasteiger partial charge in [-0.2, -0.15) is 0 Å². The lowest BCUT2D eigenvalue weighted by atomic mass is 9.87. The summed E-state index contributed by atoms with van der Waals surface area (Å²) >= 11 is 1.44. The zero-order valence-electron chi connectivity index (χ0n) is 18.2. The zero-order chi connectivity index (χ0) is 22.0. The van der Waals surface area contributed by atoms with Crippen LogP contribution in [0.25, 0.3) is 6.08 Å². The predicted molar refractivity (Wildman–Crippen MR) is 126 cm³/mol. The molecule has 2 amide bonds. The van der Waals surface area contributed by atoms with E-state index in [0.29, 0.717) is 10.5 Å². The average Bonchev–Trinajstić information content (AvgIpc) is 2.79. The van der Waals surface area contributed by atoms with Crippen LogP contribution in [0.5, 0.6) is 5.75 Å². The Morgan fingerprint density at radius 1 is 1.13 bits per heavy atom. The van der Waals surface area contributed by atoms with Gasteiger partial charge in [0.15, 0.2) is 0 Å². The van der Waals surface area contributed by atoms with Gasteiger partial charge in [-0.3, -0.25) is 9.59 Å². The van der Waals surface area contributed by atoms with Gasteiger partial charge in [0.05, 0.1) is 17.7 Å². The molecule has 0 bridgehead atoms. The summed E-state index contributed by atoms with van der Waals surface area (Å²) in [7, 11) is 3.39. The largest absolute Gasteiger partial charge is 0.497 e. The smallest absolute Gasteiger partial charge is 0.264 e. The maximum Gasteiger partial charge on any atom is 0.264 e. The first kappa shape index (κ1) is 21.5. The molecule has 31 heavy (non-hydrogen) atoms. The summed E-state index contributed by atoms with van der Waals surface area (Å²) in [6, 6.07) is 13.4. The van der Waals surface area contributed by atoms with Gasteiger partial charge in [0.1, 0.15) is 5.75 Å². The number of ether oxygens (including phenoxy) is 1. The average molecular weight is 437 g/mol. The molecular formula is C25H28N2O3S. The molecule has 0 aromatic heterocycles. The number of hydrogen-bond acceptors (Lipinski definition) is 4. The van der Waals surface area contributed by atoms with Crippen molar-refractivity contribution in [3.8, 4) is 5.75 Å². The molecule has 2 aromatic carbocycles. The first-order chi connectivity index (χ1) is 14.9. The fourth-order valence-electron chi connectivity index (χ4n) is 4.06. The van der Waals surface area contributed by atoms with E-state index in [1.807, 2.05) is 48.5 Å². The molecule has 1 N–H and O–H groups in total. The van der Waals surface area contributed by atoms with Gasteiger partial charge in [0.2, 0.25) is 0 Å². The number of carbonyl (C=O) groups excluding carboxylic acids is 2. The second-order valence-corrected chi connectivity index (χ2v) is 9.44. The van der Waals surface area contributed by atoms with Crippen LogP contribution in [0, 0.1) is 5.92 Å². The molecule has 0 unspecified atom stereocenters. The number of fused-ring (bicyclic) bond motifs is 1. The Hall–Kier alpha value is -2.73. The molecule has 0 saturated heterocycles. The van der Waals surface area contributed by atoms with Crippen molar-refractivity contribution in [2.75, 3.05) is 19.1 Å². The number of hydrogen-bond donors (Lipinski definition) is 1. The lowest BCUT2D eigenvalue weighted by Crippen LogP contribution is -2.37. The van der Waals surface area contributed by atoms with E-state index < -0.39 is 0 Å². The summed E-state index contributed by atoms with van der Waals surface area (Å²) in [4.78, 5) is 29.0. The summed E-state index contributed by atoms with van der Waals surface area (Å²) in [6.07, 6.45) is 6.27. The Morgan fingerprint density at radius 2 is 1.84 bits per heavy atom. The van der Waals surface area contributed by atoms with Crippen molar-refractivity contribution < 1.29 is 14.3 Å². The Labute approximate surface area is 187 Å². The molecule has 1 saturated carbocycles. The highest BCUT2D eigenvalue weighted by Crippen LogP contribution is 2.42. The van der Waals surface area contributed by atoms with Crippen molar-refractivity contribution in [3.63, 3.8) is 0 Å². The van der Waals surface area contributed by atoms with Gasteiger partial charge in [0.25, 0.3) is 11.8 Å². The predicted octanol–water partition coefficient (Wildman–Crippen LogP) is 5.11. The van der Waals surface area contributed by atoms with Gasteiger partial charge in [-0.1, -0.05) is 30.8 Å². The fraction of sp³-hybridized carbons (Fsp3) is 0.360. The standard InChI is InChI=1S/C25H28N2O3S/c1-16-4-9-19(10-5-16)26-24(28)18-8-13-22-21(15-18)27(2)25(29)23(31-22)14-17-6-11-20(30-3)12-7-17/h6-8,11-16,19H,4-5,9-10H2,1-3H3,(H,26,28)/b23-14-. The second-order valence-electron chi connectivity index (χ2n) is 8.36. The minimum absolute atomic E-state index is 0.0622. The van der Waals surface area contributed by atoms with E-state index in [9.17, 15) is 9.59 Å². The topological polar surface area (TPSA) is 58.6 Å². The SMILES string of the molecule is COc1ccc(/C=C2\Sc3ccc(C(=O)NC4CCC(C)CC4)cc3N(C)C2=O)cc1. The monoisotopic (exact) mass is 436 g/mol. The number of benzene rings is 2. The number of thioether (sulfide) groups is 1. The first-order valence-corrected chi connectivity index (χ1v) is 11.5. The number of likely N-dealkylation sites (N-methyl/N-ethyl adjacent to an activating group) is 1. The Morgan fingerprint density at radius 3 is 2.52 bits per heavy atom. The number of amides is 2. The molecule has 0 radical (unpaired) electrons. The molecule has 1 aliphatic carbocycles. The molecule has 6 heteroatoms. The van der Waals surface area contributed by atoms with E-state index in [-0.39, 0.29) is 17.9 Å². The van der Waals surface area contributed by atoms with Crippen molar-refractivity contribution in [2.24, 2.45) is 5.92 Å². The van der Waals surface area contributed by atoms with Crippen LogP contribution in [0.4, 0.5) is 5.69 Å². The van der Waals surface area contributed by atoms with Crippen molar-refractivity contribution in [1.82, 2.24) is 5.32 Å². The summed E-state index contributed by atoms with van der Waals surface area (Å²) in [5.41, 5.74) is 2.30. The van der Waals surface area contributed by atoms with Gasteiger partial charge in [-0.05, 0) is 73.6 Å². The minimum atomic E-state index is -0.0767. The van der Waals surface area contributed by atoms with Gasteiger partial charge in [0, 0.05) is 23.5 Å². The fourth-order valence-corrected chi connectivity index (χ4v) is 5.15. The molecular weight excluding hydrogens is 408 g/mol. The van der Waals surface area contributed by atoms with Crippen LogP contribution in [-0.4, -0.2) is 32.0 Å².